The summed E-state index contributed by atoms with van der Waals surface area (Å²) in [5.74, 6) is -1.93. The van der Waals surface area contributed by atoms with E-state index in [4.69, 9.17) is 0 Å². The molecule has 0 aliphatic carbocycles. The maximum Gasteiger partial charge on any atom is 0.309 e. The molecule has 1 aromatic rings. The zero-order chi connectivity index (χ0) is 16.8. The smallest absolute Gasteiger partial charge is 0.309 e. The molecule has 0 aromatic carbocycles. The van der Waals surface area contributed by atoms with Crippen molar-refractivity contribution in [1.29, 1.82) is 0 Å². The molecule has 3 rings (SSSR count). The highest BCUT2D eigenvalue weighted by Gasteiger charge is 2.52. The first-order valence-corrected chi connectivity index (χ1v) is 8.41. The number of carbonyl (C=O) groups is 3. The molecule has 1 unspecified atom stereocenters. The molecule has 1 aromatic heterocycles. The number of rotatable bonds is 2. The Kier molecular flexibility index (Phi) is 3.87. The van der Waals surface area contributed by atoms with Crippen LogP contribution in [0.2, 0.25) is 0 Å². The quantitative estimate of drug-likeness (QED) is 0.837. The van der Waals surface area contributed by atoms with E-state index in [9.17, 15) is 19.5 Å². The number of hydrogen-bond acceptors (Lipinski definition) is 5. The Labute approximate surface area is 137 Å². The summed E-state index contributed by atoms with van der Waals surface area (Å²) < 4.78 is 0. The van der Waals surface area contributed by atoms with Crippen molar-refractivity contribution in [3.05, 3.63) is 15.6 Å². The fourth-order valence-corrected chi connectivity index (χ4v) is 4.46. The summed E-state index contributed by atoms with van der Waals surface area (Å²) in [5, 5.41) is 13.1. The maximum absolute atomic E-state index is 12.6. The van der Waals surface area contributed by atoms with Crippen molar-refractivity contribution in [2.24, 2.45) is 5.92 Å². The number of carboxylic acid groups (broad SMARTS) is 1. The Bertz CT molecular complexity index is 676. The van der Waals surface area contributed by atoms with Crippen LogP contribution in [0.25, 0.3) is 0 Å². The second-order valence-corrected chi connectivity index (χ2v) is 7.44. The number of nitrogens with one attached hydrogen (secondary N) is 1. The van der Waals surface area contributed by atoms with Crippen LogP contribution < -0.4 is 5.32 Å². The molecular formula is C15H19N3O4S. The van der Waals surface area contributed by atoms with Gasteiger partial charge in [0.2, 0.25) is 5.91 Å². The second kappa shape index (κ2) is 5.59. The summed E-state index contributed by atoms with van der Waals surface area (Å²) in [6.07, 6.45) is 0.965. The lowest BCUT2D eigenvalue weighted by Crippen LogP contribution is -2.56. The van der Waals surface area contributed by atoms with Gasteiger partial charge in [0.25, 0.3) is 5.91 Å². The predicted molar refractivity (Wildman–Crippen MR) is 83.3 cm³/mol. The molecule has 2 aliphatic rings. The molecule has 0 saturated carbocycles. The molecule has 1 spiro atoms. The normalized spacial score (nSPS) is 23.1. The highest BCUT2D eigenvalue weighted by Crippen LogP contribution is 2.37. The Balaban J connectivity index is 1.73. The number of piperidine rings is 1. The Hall–Kier alpha value is -1.96. The van der Waals surface area contributed by atoms with E-state index in [0.29, 0.717) is 30.8 Å². The molecule has 124 valence electrons. The molecule has 0 bridgehead atoms. The van der Waals surface area contributed by atoms with Crippen molar-refractivity contribution in [3.63, 3.8) is 0 Å². The second-order valence-electron chi connectivity index (χ2n) is 6.24. The maximum atomic E-state index is 12.6. The van der Waals surface area contributed by atoms with E-state index in [-0.39, 0.29) is 18.2 Å². The minimum atomic E-state index is -0.947. The number of carboxylic acids is 1. The standard InChI is InChI=1S/C15H19N3O4S/c1-8-12(23-9(2)16-8)13(20)18-5-3-15(4-6-18)10(14(21)22)7-11(19)17-15/h10H,3-7H2,1-2H3,(H,17,19)(H,21,22). The van der Waals surface area contributed by atoms with Gasteiger partial charge in [-0.25, -0.2) is 4.98 Å². The highest BCUT2D eigenvalue weighted by molar-refractivity contribution is 7.13. The molecule has 2 saturated heterocycles. The van der Waals surface area contributed by atoms with Crippen LogP contribution in [0.4, 0.5) is 0 Å². The Morgan fingerprint density at radius 3 is 2.52 bits per heavy atom. The Morgan fingerprint density at radius 2 is 2.00 bits per heavy atom. The summed E-state index contributed by atoms with van der Waals surface area (Å²) in [5.41, 5.74) is 0.0219. The van der Waals surface area contributed by atoms with Gasteiger partial charge in [-0.1, -0.05) is 0 Å². The van der Waals surface area contributed by atoms with Crippen LogP contribution >= 0.6 is 11.3 Å². The van der Waals surface area contributed by atoms with Gasteiger partial charge in [0.1, 0.15) is 4.88 Å². The van der Waals surface area contributed by atoms with E-state index in [1.165, 1.54) is 11.3 Å². The van der Waals surface area contributed by atoms with Crippen LogP contribution in [0.5, 0.6) is 0 Å². The molecular weight excluding hydrogens is 318 g/mol. The first kappa shape index (κ1) is 15.9. The van der Waals surface area contributed by atoms with Crippen LogP contribution in [-0.2, 0) is 9.59 Å². The first-order chi connectivity index (χ1) is 10.8. The van der Waals surface area contributed by atoms with Gasteiger partial charge in [-0.2, -0.15) is 0 Å². The highest BCUT2D eigenvalue weighted by atomic mass is 32.1. The number of carbonyl (C=O) groups excluding carboxylic acids is 2. The summed E-state index contributed by atoms with van der Waals surface area (Å²) in [4.78, 5) is 42.3. The third-order valence-corrected chi connectivity index (χ3v) is 5.84. The van der Waals surface area contributed by atoms with Crippen LogP contribution in [0.15, 0.2) is 0 Å². The molecule has 23 heavy (non-hydrogen) atoms. The summed E-state index contributed by atoms with van der Waals surface area (Å²) in [6.45, 7) is 4.57. The number of nitrogens with zero attached hydrogens (tertiary/aromatic N) is 2. The van der Waals surface area contributed by atoms with Crippen molar-refractivity contribution < 1.29 is 19.5 Å². The van der Waals surface area contributed by atoms with Crippen molar-refractivity contribution in [1.82, 2.24) is 15.2 Å². The molecule has 3 heterocycles. The number of hydrogen-bond donors (Lipinski definition) is 2. The number of amides is 2. The zero-order valence-corrected chi connectivity index (χ0v) is 13.9. The molecule has 8 heteroatoms. The number of aryl methyl sites for hydroxylation is 2. The minimum absolute atomic E-state index is 0.0242. The lowest BCUT2D eigenvalue weighted by molar-refractivity contribution is -0.144. The van der Waals surface area contributed by atoms with E-state index in [0.717, 1.165) is 10.7 Å². The fraction of sp³-hybridized carbons (Fsp3) is 0.600. The van der Waals surface area contributed by atoms with Crippen LogP contribution in [0.1, 0.15) is 39.6 Å². The first-order valence-electron chi connectivity index (χ1n) is 7.59. The average Bonchev–Trinajstić information content (AvgIpc) is 2.99. The third kappa shape index (κ3) is 2.71. The molecule has 1 atom stereocenters. The largest absolute Gasteiger partial charge is 0.481 e. The number of aromatic nitrogens is 1. The van der Waals surface area contributed by atoms with Crippen molar-refractivity contribution in [2.75, 3.05) is 13.1 Å². The number of aliphatic carboxylic acids is 1. The monoisotopic (exact) mass is 337 g/mol. The average molecular weight is 337 g/mol. The SMILES string of the molecule is Cc1nc(C)c(C(=O)N2CCC3(CC2)NC(=O)CC3C(=O)O)s1. The van der Waals surface area contributed by atoms with Crippen LogP contribution in [0.3, 0.4) is 0 Å². The van der Waals surface area contributed by atoms with E-state index < -0.39 is 17.4 Å². The predicted octanol–water partition coefficient (Wildman–Crippen LogP) is 0.955. The van der Waals surface area contributed by atoms with Gasteiger partial charge in [-0.15, -0.1) is 11.3 Å². The van der Waals surface area contributed by atoms with E-state index >= 15 is 0 Å². The van der Waals surface area contributed by atoms with Crippen LogP contribution in [-0.4, -0.2) is 51.4 Å². The van der Waals surface area contributed by atoms with Gasteiger partial charge < -0.3 is 15.3 Å². The lowest BCUT2D eigenvalue weighted by atomic mass is 9.77. The fourth-order valence-electron chi connectivity index (χ4n) is 3.58. The molecule has 2 amide bonds. The van der Waals surface area contributed by atoms with Crippen molar-refractivity contribution in [2.45, 2.75) is 38.6 Å². The van der Waals surface area contributed by atoms with Gasteiger partial charge in [0.05, 0.1) is 22.2 Å². The van der Waals surface area contributed by atoms with Gasteiger partial charge in [0, 0.05) is 19.5 Å². The Morgan fingerprint density at radius 1 is 1.35 bits per heavy atom. The number of likely N-dealkylation sites (tertiary alicyclic amines) is 1. The molecule has 2 fully saturated rings. The molecule has 2 N–H and O–H groups in total. The minimum Gasteiger partial charge on any atom is -0.481 e. The van der Waals surface area contributed by atoms with E-state index in [1.807, 2.05) is 13.8 Å². The van der Waals surface area contributed by atoms with Crippen molar-refractivity contribution in [3.8, 4) is 0 Å². The van der Waals surface area contributed by atoms with E-state index in [1.54, 1.807) is 4.90 Å². The molecule has 2 aliphatic heterocycles. The topological polar surface area (TPSA) is 99.6 Å². The molecule has 0 radical (unpaired) electrons. The third-order valence-electron chi connectivity index (χ3n) is 4.78. The summed E-state index contributed by atoms with van der Waals surface area (Å²) in [6, 6.07) is 0. The van der Waals surface area contributed by atoms with E-state index in [2.05, 4.69) is 10.3 Å². The van der Waals surface area contributed by atoms with Gasteiger partial charge in [-0.05, 0) is 26.7 Å². The lowest BCUT2D eigenvalue weighted by Gasteiger charge is -2.41. The summed E-state index contributed by atoms with van der Waals surface area (Å²) >= 11 is 1.38. The van der Waals surface area contributed by atoms with Gasteiger partial charge in [-0.3, -0.25) is 14.4 Å². The van der Waals surface area contributed by atoms with Crippen LogP contribution in [0, 0.1) is 19.8 Å². The zero-order valence-electron chi connectivity index (χ0n) is 13.1. The number of thiazole rings is 1. The summed E-state index contributed by atoms with van der Waals surface area (Å²) in [7, 11) is 0. The molecule has 7 nitrogen and oxygen atoms in total. The van der Waals surface area contributed by atoms with Crippen molar-refractivity contribution >= 4 is 29.1 Å². The van der Waals surface area contributed by atoms with Gasteiger partial charge in [0.15, 0.2) is 0 Å². The van der Waals surface area contributed by atoms with Gasteiger partial charge >= 0.3 is 5.97 Å².